The van der Waals surface area contributed by atoms with Gasteiger partial charge in [0.1, 0.15) is 0 Å². The minimum atomic E-state index is 0.117. The van der Waals surface area contributed by atoms with Gasteiger partial charge in [0, 0.05) is 17.3 Å². The summed E-state index contributed by atoms with van der Waals surface area (Å²) in [6.45, 7) is 2.68. The monoisotopic (exact) mass is 370 g/mol. The van der Waals surface area contributed by atoms with Crippen molar-refractivity contribution in [3.05, 3.63) is 83.0 Å². The van der Waals surface area contributed by atoms with E-state index in [2.05, 4.69) is 34.8 Å². The summed E-state index contributed by atoms with van der Waals surface area (Å²) in [7, 11) is 0. The van der Waals surface area contributed by atoms with Crippen LogP contribution in [0.1, 0.15) is 24.1 Å². The van der Waals surface area contributed by atoms with Crippen molar-refractivity contribution in [1.82, 2.24) is 15.1 Å². The smallest absolute Gasteiger partial charge is 0.172 e. The summed E-state index contributed by atoms with van der Waals surface area (Å²) in [5.41, 5.74) is 2.20. The van der Waals surface area contributed by atoms with Gasteiger partial charge >= 0.3 is 0 Å². The normalized spacial score (nSPS) is 11.8. The number of nitrogens with zero attached hydrogens (tertiary/aromatic N) is 2. The molecular formula is C19H19ClN4S. The van der Waals surface area contributed by atoms with Crippen molar-refractivity contribution in [2.24, 2.45) is 0 Å². The van der Waals surface area contributed by atoms with Crippen LogP contribution >= 0.6 is 23.8 Å². The molecule has 6 heteroatoms. The van der Waals surface area contributed by atoms with Gasteiger partial charge in [-0.05, 0) is 36.3 Å². The molecule has 0 radical (unpaired) electrons. The van der Waals surface area contributed by atoms with Crippen LogP contribution in [-0.4, -0.2) is 14.9 Å². The Labute approximate surface area is 157 Å². The van der Waals surface area contributed by atoms with Gasteiger partial charge in [0.15, 0.2) is 10.9 Å². The third-order valence-corrected chi connectivity index (χ3v) is 4.41. The standard InChI is InChI=1S/C19H19ClN4S/c1-14(15-7-3-2-4-8-15)21-19(25)22-18-11-12-24(23-18)13-16-9-5-6-10-17(16)20/h2-12,14H,13H2,1H3,(H2,21,22,23,25). The molecule has 2 N–H and O–H groups in total. The number of benzene rings is 2. The van der Waals surface area contributed by atoms with Crippen molar-refractivity contribution < 1.29 is 0 Å². The molecule has 1 heterocycles. The van der Waals surface area contributed by atoms with E-state index in [4.69, 9.17) is 23.8 Å². The third kappa shape index (κ3) is 4.81. The van der Waals surface area contributed by atoms with Gasteiger partial charge in [-0.15, -0.1) is 0 Å². The Hall–Kier alpha value is -2.37. The van der Waals surface area contributed by atoms with Gasteiger partial charge in [0.2, 0.25) is 0 Å². The molecule has 4 nitrogen and oxygen atoms in total. The van der Waals surface area contributed by atoms with Crippen LogP contribution in [0.4, 0.5) is 5.82 Å². The summed E-state index contributed by atoms with van der Waals surface area (Å²) in [5.74, 6) is 0.699. The van der Waals surface area contributed by atoms with Crippen LogP contribution in [0.15, 0.2) is 66.9 Å². The minimum absolute atomic E-state index is 0.117. The lowest BCUT2D eigenvalue weighted by atomic mass is 10.1. The topological polar surface area (TPSA) is 41.9 Å². The molecule has 128 valence electrons. The summed E-state index contributed by atoms with van der Waals surface area (Å²) in [5, 5.41) is 12.1. The lowest BCUT2D eigenvalue weighted by Crippen LogP contribution is -2.31. The highest BCUT2D eigenvalue weighted by Gasteiger charge is 2.08. The van der Waals surface area contributed by atoms with Crippen LogP contribution in [0.25, 0.3) is 0 Å². The molecule has 1 aromatic heterocycles. The van der Waals surface area contributed by atoms with Crippen LogP contribution in [0.2, 0.25) is 5.02 Å². The summed E-state index contributed by atoms with van der Waals surface area (Å²) in [4.78, 5) is 0. The molecular weight excluding hydrogens is 352 g/mol. The van der Waals surface area contributed by atoms with Crippen LogP contribution in [-0.2, 0) is 6.54 Å². The number of hydrogen-bond donors (Lipinski definition) is 2. The zero-order valence-corrected chi connectivity index (χ0v) is 15.4. The highest BCUT2D eigenvalue weighted by atomic mass is 35.5. The Kier molecular flexibility index (Phi) is 5.68. The average molecular weight is 371 g/mol. The van der Waals surface area contributed by atoms with Crippen molar-refractivity contribution in [3.63, 3.8) is 0 Å². The molecule has 1 unspecified atom stereocenters. The average Bonchev–Trinajstić information content (AvgIpc) is 3.04. The van der Waals surface area contributed by atoms with Gasteiger partial charge < -0.3 is 10.6 Å². The zero-order chi connectivity index (χ0) is 17.6. The number of thiocarbonyl (C=S) groups is 1. The van der Waals surface area contributed by atoms with Gasteiger partial charge in [-0.1, -0.05) is 60.1 Å². The molecule has 0 aliphatic heterocycles. The highest BCUT2D eigenvalue weighted by molar-refractivity contribution is 7.80. The Morgan fingerprint density at radius 3 is 2.60 bits per heavy atom. The minimum Gasteiger partial charge on any atom is -0.356 e. The van der Waals surface area contributed by atoms with E-state index in [-0.39, 0.29) is 6.04 Å². The molecule has 0 aliphatic rings. The summed E-state index contributed by atoms with van der Waals surface area (Å²) in [6.07, 6.45) is 1.90. The van der Waals surface area contributed by atoms with E-state index in [1.165, 1.54) is 5.56 Å². The number of rotatable bonds is 5. The van der Waals surface area contributed by atoms with E-state index in [0.717, 1.165) is 10.6 Å². The highest BCUT2D eigenvalue weighted by Crippen LogP contribution is 2.16. The molecule has 0 bridgehead atoms. The molecule has 0 saturated carbocycles. The quantitative estimate of drug-likeness (QED) is 0.642. The number of aromatic nitrogens is 2. The maximum atomic E-state index is 6.19. The fourth-order valence-electron chi connectivity index (χ4n) is 2.49. The Bertz CT molecular complexity index is 847. The zero-order valence-electron chi connectivity index (χ0n) is 13.8. The second-order valence-electron chi connectivity index (χ2n) is 5.72. The van der Waals surface area contributed by atoms with Gasteiger partial charge in [-0.2, -0.15) is 5.10 Å². The van der Waals surface area contributed by atoms with Crippen molar-refractivity contribution >= 4 is 34.7 Å². The van der Waals surface area contributed by atoms with Crippen molar-refractivity contribution in [3.8, 4) is 0 Å². The number of halogens is 1. The lowest BCUT2D eigenvalue weighted by Gasteiger charge is -2.16. The van der Waals surface area contributed by atoms with E-state index < -0.39 is 0 Å². The molecule has 3 rings (SSSR count). The molecule has 0 aliphatic carbocycles. The predicted octanol–water partition coefficient (Wildman–Crippen LogP) is 4.63. The largest absolute Gasteiger partial charge is 0.356 e. The van der Waals surface area contributed by atoms with E-state index in [0.29, 0.717) is 17.5 Å². The van der Waals surface area contributed by atoms with Crippen LogP contribution < -0.4 is 10.6 Å². The lowest BCUT2D eigenvalue weighted by molar-refractivity contribution is 0.689. The van der Waals surface area contributed by atoms with Gasteiger partial charge in [-0.3, -0.25) is 4.68 Å². The van der Waals surface area contributed by atoms with Crippen molar-refractivity contribution in [2.75, 3.05) is 5.32 Å². The maximum absolute atomic E-state index is 6.19. The second-order valence-corrected chi connectivity index (χ2v) is 6.54. The first-order chi connectivity index (χ1) is 12.1. The number of hydrogen-bond acceptors (Lipinski definition) is 2. The Morgan fingerprint density at radius 1 is 1.12 bits per heavy atom. The van der Waals surface area contributed by atoms with E-state index >= 15 is 0 Å². The number of anilines is 1. The first kappa shape index (κ1) is 17.5. The third-order valence-electron chi connectivity index (χ3n) is 3.82. The van der Waals surface area contributed by atoms with E-state index in [1.54, 1.807) is 0 Å². The predicted molar refractivity (Wildman–Crippen MR) is 107 cm³/mol. The molecule has 25 heavy (non-hydrogen) atoms. The Balaban J connectivity index is 1.58. The summed E-state index contributed by atoms with van der Waals surface area (Å²) in [6, 6.07) is 19.9. The van der Waals surface area contributed by atoms with Crippen LogP contribution in [0.3, 0.4) is 0 Å². The molecule has 0 amide bonds. The molecule has 0 fully saturated rings. The van der Waals surface area contributed by atoms with Gasteiger partial charge in [0.05, 0.1) is 12.6 Å². The molecule has 3 aromatic rings. The first-order valence-corrected chi connectivity index (χ1v) is 8.80. The Morgan fingerprint density at radius 2 is 1.84 bits per heavy atom. The first-order valence-electron chi connectivity index (χ1n) is 8.01. The van der Waals surface area contributed by atoms with E-state index in [9.17, 15) is 0 Å². The van der Waals surface area contributed by atoms with Crippen molar-refractivity contribution in [1.29, 1.82) is 0 Å². The fraction of sp³-hybridized carbons (Fsp3) is 0.158. The maximum Gasteiger partial charge on any atom is 0.172 e. The molecule has 0 spiro atoms. The fourth-order valence-corrected chi connectivity index (χ4v) is 2.97. The molecule has 1 atom stereocenters. The summed E-state index contributed by atoms with van der Waals surface area (Å²) >= 11 is 11.6. The summed E-state index contributed by atoms with van der Waals surface area (Å²) < 4.78 is 1.83. The van der Waals surface area contributed by atoms with Crippen LogP contribution in [0.5, 0.6) is 0 Å². The van der Waals surface area contributed by atoms with Crippen molar-refractivity contribution in [2.45, 2.75) is 19.5 Å². The van der Waals surface area contributed by atoms with E-state index in [1.807, 2.05) is 59.4 Å². The van der Waals surface area contributed by atoms with Crippen LogP contribution in [0, 0.1) is 0 Å². The number of nitrogens with one attached hydrogen (secondary N) is 2. The molecule has 0 saturated heterocycles. The van der Waals surface area contributed by atoms with Gasteiger partial charge in [0.25, 0.3) is 0 Å². The van der Waals surface area contributed by atoms with Gasteiger partial charge in [-0.25, -0.2) is 0 Å². The SMILES string of the molecule is CC(NC(=S)Nc1ccn(Cc2ccccc2Cl)n1)c1ccccc1. The second kappa shape index (κ2) is 8.14. The molecule has 2 aromatic carbocycles.